The molecule has 9 heavy (non-hydrogen) atoms. The van der Waals surface area contributed by atoms with E-state index < -0.39 is 0 Å². The molecule has 1 amide bonds. The molecule has 0 aromatic rings. The molecule has 2 rings (SSSR count). The Labute approximate surface area is 53.4 Å². The van der Waals surface area contributed by atoms with Gasteiger partial charge >= 0.3 is 0 Å². The second-order valence-electron chi connectivity index (χ2n) is 2.57. The first-order valence-corrected chi connectivity index (χ1v) is 3.29. The highest BCUT2D eigenvalue weighted by molar-refractivity contribution is 5.81. The lowest BCUT2D eigenvalue weighted by atomic mass is 10.2. The Kier molecular flexibility index (Phi) is 0.990. The van der Waals surface area contributed by atoms with Crippen LogP contribution in [0.5, 0.6) is 0 Å². The number of carbonyl (C=O) groups is 1. The van der Waals surface area contributed by atoms with Crippen LogP contribution in [0, 0.1) is 0 Å². The Morgan fingerprint density at radius 1 is 1.56 bits per heavy atom. The van der Waals surface area contributed by atoms with Crippen molar-refractivity contribution in [3.8, 4) is 0 Å². The van der Waals surface area contributed by atoms with E-state index in [0.29, 0.717) is 6.10 Å². The van der Waals surface area contributed by atoms with Crippen LogP contribution in [0.3, 0.4) is 0 Å². The maximum Gasteiger partial charge on any atom is 0.249 e. The molecule has 0 aliphatic carbocycles. The summed E-state index contributed by atoms with van der Waals surface area (Å²) in [5.74, 6) is 0.0729. The highest BCUT2D eigenvalue weighted by Crippen LogP contribution is 2.22. The first-order chi connectivity index (χ1) is 4.36. The van der Waals surface area contributed by atoms with Crippen molar-refractivity contribution in [3.63, 3.8) is 0 Å². The van der Waals surface area contributed by atoms with Crippen molar-refractivity contribution >= 4 is 5.91 Å². The Hall–Kier alpha value is -0.570. The summed E-state index contributed by atoms with van der Waals surface area (Å²) >= 11 is 0. The number of carbonyl (C=O) groups excluding carboxylic acids is 1. The fraction of sp³-hybridized carbons (Fsp3) is 0.833. The first kappa shape index (κ1) is 5.23. The third-order valence-electron chi connectivity index (χ3n) is 1.90. The van der Waals surface area contributed by atoms with Gasteiger partial charge in [-0.15, -0.1) is 0 Å². The first-order valence-electron chi connectivity index (χ1n) is 3.29. The lowest BCUT2D eigenvalue weighted by Gasteiger charge is -2.19. The molecule has 2 unspecified atom stereocenters. The molecule has 2 aliphatic heterocycles. The van der Waals surface area contributed by atoms with Crippen LogP contribution < -0.4 is 5.32 Å². The maximum atomic E-state index is 10.8. The van der Waals surface area contributed by atoms with Crippen molar-refractivity contribution in [3.05, 3.63) is 0 Å². The summed E-state index contributed by atoms with van der Waals surface area (Å²) in [5, 5.41) is 2.78. The van der Waals surface area contributed by atoms with E-state index in [-0.39, 0.29) is 12.0 Å². The van der Waals surface area contributed by atoms with Crippen LogP contribution in [0.25, 0.3) is 0 Å². The number of ether oxygens (including phenoxy) is 1. The summed E-state index contributed by atoms with van der Waals surface area (Å²) in [6.07, 6.45) is 2.15. The lowest BCUT2D eigenvalue weighted by Crippen LogP contribution is -2.43. The Morgan fingerprint density at radius 2 is 2.44 bits per heavy atom. The molecule has 3 heteroatoms. The number of hydrogen-bond acceptors (Lipinski definition) is 2. The van der Waals surface area contributed by atoms with E-state index >= 15 is 0 Å². The molecule has 0 aromatic heterocycles. The smallest absolute Gasteiger partial charge is 0.249 e. The summed E-state index contributed by atoms with van der Waals surface area (Å²) < 4.78 is 5.30. The second-order valence-corrected chi connectivity index (χ2v) is 2.57. The van der Waals surface area contributed by atoms with E-state index in [4.69, 9.17) is 4.74 Å². The standard InChI is InChI=1S/C6H9NO2/c8-6-5-2-1-4(9-5)3-7-6/h4-5H,1-3H2,(H,7,8). The van der Waals surface area contributed by atoms with Gasteiger partial charge in [0, 0.05) is 6.54 Å². The van der Waals surface area contributed by atoms with Gasteiger partial charge in [-0.2, -0.15) is 0 Å². The van der Waals surface area contributed by atoms with Gasteiger partial charge in [0.25, 0.3) is 0 Å². The van der Waals surface area contributed by atoms with E-state index in [2.05, 4.69) is 5.32 Å². The van der Waals surface area contributed by atoms with Gasteiger partial charge in [0.05, 0.1) is 6.10 Å². The summed E-state index contributed by atoms with van der Waals surface area (Å²) in [6, 6.07) is 0. The van der Waals surface area contributed by atoms with Gasteiger partial charge in [0.2, 0.25) is 5.91 Å². The van der Waals surface area contributed by atoms with Crippen LogP contribution in [0.1, 0.15) is 12.8 Å². The highest BCUT2D eigenvalue weighted by Gasteiger charge is 2.34. The normalized spacial score (nSPS) is 40.7. The zero-order valence-corrected chi connectivity index (χ0v) is 5.09. The quantitative estimate of drug-likeness (QED) is 0.483. The van der Waals surface area contributed by atoms with Gasteiger partial charge in [-0.1, -0.05) is 0 Å². The summed E-state index contributed by atoms with van der Waals surface area (Å²) in [5.41, 5.74) is 0. The van der Waals surface area contributed by atoms with Crippen molar-refractivity contribution in [2.45, 2.75) is 25.0 Å². The molecular formula is C6H9NO2. The van der Waals surface area contributed by atoms with Crippen molar-refractivity contribution < 1.29 is 9.53 Å². The lowest BCUT2D eigenvalue weighted by molar-refractivity contribution is -0.137. The number of morpholine rings is 1. The molecule has 2 bridgehead atoms. The van der Waals surface area contributed by atoms with Crippen LogP contribution in [-0.2, 0) is 9.53 Å². The topological polar surface area (TPSA) is 38.3 Å². The maximum absolute atomic E-state index is 10.8. The number of nitrogens with one attached hydrogen (secondary N) is 1. The third-order valence-corrected chi connectivity index (χ3v) is 1.90. The minimum atomic E-state index is -0.122. The average Bonchev–Trinajstić information content (AvgIpc) is 2.25. The number of hydrogen-bond donors (Lipinski definition) is 1. The number of fused-ring (bicyclic) bond motifs is 2. The molecular weight excluding hydrogens is 118 g/mol. The zero-order valence-electron chi connectivity index (χ0n) is 5.09. The molecule has 3 nitrogen and oxygen atoms in total. The van der Waals surface area contributed by atoms with Crippen LogP contribution in [0.15, 0.2) is 0 Å². The minimum Gasteiger partial charge on any atom is -0.363 e. The van der Waals surface area contributed by atoms with E-state index in [1.165, 1.54) is 0 Å². The Balaban J connectivity index is 2.14. The van der Waals surface area contributed by atoms with Crippen LogP contribution in [0.4, 0.5) is 0 Å². The fourth-order valence-corrected chi connectivity index (χ4v) is 1.38. The van der Waals surface area contributed by atoms with E-state index in [9.17, 15) is 4.79 Å². The van der Waals surface area contributed by atoms with Crippen molar-refractivity contribution in [2.24, 2.45) is 0 Å². The molecule has 0 spiro atoms. The molecule has 0 aromatic carbocycles. The predicted octanol–water partition coefficient (Wildman–Crippen LogP) is -0.336. The van der Waals surface area contributed by atoms with Gasteiger partial charge in [-0.25, -0.2) is 0 Å². The SMILES string of the molecule is O=C1NCC2CCC1O2. The zero-order chi connectivity index (χ0) is 6.27. The Morgan fingerprint density at radius 3 is 3.22 bits per heavy atom. The minimum absolute atomic E-state index is 0.0729. The van der Waals surface area contributed by atoms with Crippen LogP contribution in [-0.4, -0.2) is 24.7 Å². The molecule has 0 saturated carbocycles. The fourth-order valence-electron chi connectivity index (χ4n) is 1.38. The third kappa shape index (κ3) is 0.721. The molecule has 50 valence electrons. The Bertz CT molecular complexity index is 146. The second kappa shape index (κ2) is 1.70. The summed E-state index contributed by atoms with van der Waals surface area (Å²) in [4.78, 5) is 10.8. The van der Waals surface area contributed by atoms with Crippen LogP contribution in [0.2, 0.25) is 0 Å². The summed E-state index contributed by atoms with van der Waals surface area (Å²) in [6.45, 7) is 0.718. The molecule has 2 fully saturated rings. The number of amides is 1. The predicted molar refractivity (Wildman–Crippen MR) is 30.9 cm³/mol. The highest BCUT2D eigenvalue weighted by atomic mass is 16.5. The van der Waals surface area contributed by atoms with Gasteiger partial charge < -0.3 is 10.1 Å². The van der Waals surface area contributed by atoms with E-state index in [1.54, 1.807) is 0 Å². The van der Waals surface area contributed by atoms with Gasteiger partial charge in [0.15, 0.2) is 0 Å². The average molecular weight is 127 g/mol. The summed E-state index contributed by atoms with van der Waals surface area (Å²) in [7, 11) is 0. The monoisotopic (exact) mass is 127 g/mol. The molecule has 0 radical (unpaired) electrons. The molecule has 2 atom stereocenters. The largest absolute Gasteiger partial charge is 0.363 e. The van der Waals surface area contributed by atoms with Gasteiger partial charge in [-0.3, -0.25) is 4.79 Å². The van der Waals surface area contributed by atoms with E-state index in [1.807, 2.05) is 0 Å². The number of rotatable bonds is 0. The van der Waals surface area contributed by atoms with Crippen molar-refractivity contribution in [1.82, 2.24) is 5.32 Å². The van der Waals surface area contributed by atoms with Crippen molar-refractivity contribution in [1.29, 1.82) is 0 Å². The van der Waals surface area contributed by atoms with Crippen LogP contribution >= 0.6 is 0 Å². The van der Waals surface area contributed by atoms with Gasteiger partial charge in [-0.05, 0) is 12.8 Å². The van der Waals surface area contributed by atoms with E-state index in [0.717, 1.165) is 19.4 Å². The molecule has 1 N–H and O–H groups in total. The molecule has 2 heterocycles. The van der Waals surface area contributed by atoms with Crippen molar-refractivity contribution in [2.75, 3.05) is 6.54 Å². The molecule has 2 saturated heterocycles. The molecule has 2 aliphatic rings. The van der Waals surface area contributed by atoms with Gasteiger partial charge in [0.1, 0.15) is 6.10 Å².